The number of aromatic nitrogens is 4. The number of methoxy groups -OCH3 is 1. The fourth-order valence-electron chi connectivity index (χ4n) is 2.90. The van der Waals surface area contributed by atoms with Gasteiger partial charge in [-0.15, -0.1) is 0 Å². The van der Waals surface area contributed by atoms with Crippen LogP contribution in [-0.4, -0.2) is 39.8 Å². The predicted octanol–water partition coefficient (Wildman–Crippen LogP) is 2.44. The van der Waals surface area contributed by atoms with Crippen LogP contribution in [0.5, 0.6) is 5.75 Å². The van der Waals surface area contributed by atoms with Gasteiger partial charge in [0.25, 0.3) is 0 Å². The van der Waals surface area contributed by atoms with E-state index in [4.69, 9.17) is 9.84 Å². The molecule has 6 heteroatoms. The molecule has 0 amide bonds. The van der Waals surface area contributed by atoms with E-state index >= 15 is 0 Å². The summed E-state index contributed by atoms with van der Waals surface area (Å²) in [5, 5.41) is 12.3. The first-order valence-corrected chi connectivity index (χ1v) is 7.99. The summed E-state index contributed by atoms with van der Waals surface area (Å²) in [6, 6.07) is 9.93. The molecular weight excluding hydrogens is 302 g/mol. The molecule has 2 aromatic heterocycles. The van der Waals surface area contributed by atoms with Crippen molar-refractivity contribution in [1.29, 1.82) is 0 Å². The van der Waals surface area contributed by atoms with Gasteiger partial charge in [-0.3, -0.25) is 0 Å². The Bertz CT molecular complexity index is 863. The molecule has 0 saturated carbocycles. The minimum absolute atomic E-state index is 0.761. The number of benzene rings is 1. The van der Waals surface area contributed by atoms with Crippen LogP contribution in [0, 0.1) is 0 Å². The first kappa shape index (κ1) is 14.7. The molecule has 0 unspecified atom stereocenters. The minimum atomic E-state index is 0.761. The fraction of sp³-hybridized carbons (Fsp3) is 0.222. The summed E-state index contributed by atoms with van der Waals surface area (Å²) in [5.41, 5.74) is 4.18. The summed E-state index contributed by atoms with van der Waals surface area (Å²) in [7, 11) is 1.67. The molecule has 3 heterocycles. The van der Waals surface area contributed by atoms with E-state index in [-0.39, 0.29) is 0 Å². The van der Waals surface area contributed by atoms with Crippen LogP contribution in [0.3, 0.4) is 0 Å². The van der Waals surface area contributed by atoms with E-state index in [1.165, 1.54) is 5.57 Å². The molecule has 0 atom stereocenters. The zero-order valence-corrected chi connectivity index (χ0v) is 13.5. The normalized spacial score (nSPS) is 14.5. The number of nitrogens with zero attached hydrogens (tertiary/aromatic N) is 4. The molecule has 0 fully saturated rings. The van der Waals surface area contributed by atoms with Gasteiger partial charge in [0.15, 0.2) is 0 Å². The highest BCUT2D eigenvalue weighted by Gasteiger charge is 2.12. The Hall–Kier alpha value is -2.86. The predicted molar refractivity (Wildman–Crippen MR) is 92.7 cm³/mol. The van der Waals surface area contributed by atoms with Crippen LogP contribution in [0.25, 0.3) is 16.9 Å². The van der Waals surface area contributed by atoms with E-state index in [9.17, 15) is 0 Å². The van der Waals surface area contributed by atoms with Gasteiger partial charge in [-0.25, -0.2) is 9.36 Å². The van der Waals surface area contributed by atoms with E-state index in [0.29, 0.717) is 0 Å². The summed E-state index contributed by atoms with van der Waals surface area (Å²) >= 11 is 0. The number of rotatable bonds is 4. The van der Waals surface area contributed by atoms with Gasteiger partial charge in [-0.1, -0.05) is 6.08 Å². The number of nitrogens with one attached hydrogen (secondary N) is 1. The number of ether oxygens (including phenoxy) is 1. The molecule has 1 aliphatic rings. The summed E-state index contributed by atoms with van der Waals surface area (Å²) in [4.78, 5) is 0. The Balaban J connectivity index is 1.69. The van der Waals surface area contributed by atoms with Gasteiger partial charge in [0.1, 0.15) is 11.4 Å². The van der Waals surface area contributed by atoms with Gasteiger partial charge >= 0.3 is 0 Å². The van der Waals surface area contributed by atoms with Crippen molar-refractivity contribution in [3.63, 3.8) is 0 Å². The van der Waals surface area contributed by atoms with Crippen molar-refractivity contribution in [3.8, 4) is 17.1 Å². The highest BCUT2D eigenvalue weighted by atomic mass is 16.5. The monoisotopic (exact) mass is 321 g/mol. The van der Waals surface area contributed by atoms with Gasteiger partial charge in [-0.2, -0.15) is 10.2 Å². The lowest BCUT2D eigenvalue weighted by Gasteiger charge is -2.12. The maximum absolute atomic E-state index is 5.57. The van der Waals surface area contributed by atoms with E-state index in [1.54, 1.807) is 18.0 Å². The Labute approximate surface area is 140 Å². The quantitative estimate of drug-likeness (QED) is 0.802. The molecular formula is C18H19N5O. The summed E-state index contributed by atoms with van der Waals surface area (Å²) in [5.74, 6) is 0.761. The Morgan fingerprint density at radius 1 is 1.17 bits per heavy atom. The topological polar surface area (TPSA) is 56.9 Å². The maximum atomic E-state index is 5.57. The van der Waals surface area contributed by atoms with E-state index < -0.39 is 0 Å². The Morgan fingerprint density at radius 3 is 2.88 bits per heavy atom. The molecule has 0 aliphatic carbocycles. The SMILES string of the molecule is COc1cc(-n2cccn2)ccc1-n1ccc(C2=CCNCC2)n1. The van der Waals surface area contributed by atoms with Crippen molar-refractivity contribution in [2.75, 3.05) is 20.2 Å². The van der Waals surface area contributed by atoms with Crippen LogP contribution in [-0.2, 0) is 0 Å². The van der Waals surface area contributed by atoms with E-state index in [0.717, 1.165) is 42.3 Å². The first-order valence-electron chi connectivity index (χ1n) is 7.99. The van der Waals surface area contributed by atoms with E-state index in [2.05, 4.69) is 22.6 Å². The molecule has 4 rings (SSSR count). The van der Waals surface area contributed by atoms with E-state index in [1.807, 2.05) is 41.3 Å². The average molecular weight is 321 g/mol. The lowest BCUT2D eigenvalue weighted by atomic mass is 10.1. The maximum Gasteiger partial charge on any atom is 0.146 e. The second-order valence-electron chi connectivity index (χ2n) is 5.64. The number of hydrogen-bond donors (Lipinski definition) is 1. The van der Waals surface area contributed by atoms with Crippen LogP contribution in [0.15, 0.2) is 55.0 Å². The molecule has 1 N–H and O–H groups in total. The molecule has 0 saturated heterocycles. The minimum Gasteiger partial charge on any atom is -0.494 e. The molecule has 24 heavy (non-hydrogen) atoms. The van der Waals surface area contributed by atoms with Crippen LogP contribution < -0.4 is 10.1 Å². The zero-order chi connectivity index (χ0) is 16.4. The molecule has 0 radical (unpaired) electrons. The van der Waals surface area contributed by atoms with Crippen molar-refractivity contribution in [1.82, 2.24) is 24.9 Å². The van der Waals surface area contributed by atoms with Crippen molar-refractivity contribution < 1.29 is 4.74 Å². The van der Waals surface area contributed by atoms with Crippen LogP contribution >= 0.6 is 0 Å². The van der Waals surface area contributed by atoms with Crippen molar-refractivity contribution in [2.24, 2.45) is 0 Å². The fourth-order valence-corrected chi connectivity index (χ4v) is 2.90. The second kappa shape index (κ2) is 6.33. The largest absolute Gasteiger partial charge is 0.494 e. The molecule has 122 valence electrons. The van der Waals surface area contributed by atoms with Crippen molar-refractivity contribution in [3.05, 3.63) is 60.7 Å². The van der Waals surface area contributed by atoms with Gasteiger partial charge in [0, 0.05) is 31.2 Å². The van der Waals surface area contributed by atoms with Gasteiger partial charge in [-0.05, 0) is 42.8 Å². The third-order valence-corrected chi connectivity index (χ3v) is 4.16. The highest BCUT2D eigenvalue weighted by Crippen LogP contribution is 2.27. The number of hydrogen-bond acceptors (Lipinski definition) is 4. The second-order valence-corrected chi connectivity index (χ2v) is 5.64. The smallest absolute Gasteiger partial charge is 0.146 e. The van der Waals surface area contributed by atoms with Crippen LogP contribution in [0.2, 0.25) is 0 Å². The molecule has 3 aromatic rings. The average Bonchev–Trinajstić information content (AvgIpc) is 3.34. The highest BCUT2D eigenvalue weighted by molar-refractivity contribution is 5.64. The summed E-state index contributed by atoms with van der Waals surface area (Å²) < 4.78 is 9.24. The Morgan fingerprint density at radius 2 is 2.12 bits per heavy atom. The van der Waals surface area contributed by atoms with Gasteiger partial charge in [0.2, 0.25) is 0 Å². The molecule has 6 nitrogen and oxygen atoms in total. The zero-order valence-electron chi connectivity index (χ0n) is 13.5. The third kappa shape index (κ3) is 2.72. The third-order valence-electron chi connectivity index (χ3n) is 4.16. The van der Waals surface area contributed by atoms with Crippen LogP contribution in [0.1, 0.15) is 12.1 Å². The summed E-state index contributed by atoms with van der Waals surface area (Å²) in [6.45, 7) is 1.91. The molecule has 1 aliphatic heterocycles. The van der Waals surface area contributed by atoms with Gasteiger partial charge in [0.05, 0.1) is 18.5 Å². The summed E-state index contributed by atoms with van der Waals surface area (Å²) in [6.07, 6.45) is 8.85. The van der Waals surface area contributed by atoms with Crippen LogP contribution in [0.4, 0.5) is 0 Å². The first-order chi connectivity index (χ1) is 11.8. The van der Waals surface area contributed by atoms with Crippen molar-refractivity contribution >= 4 is 5.57 Å². The molecule has 0 spiro atoms. The lowest BCUT2D eigenvalue weighted by molar-refractivity contribution is 0.411. The Kier molecular flexibility index (Phi) is 3.88. The molecule has 1 aromatic carbocycles. The lowest BCUT2D eigenvalue weighted by Crippen LogP contribution is -2.20. The standard InChI is InChI=1S/C18H19N5O/c1-24-18-13-15(22-11-2-8-20-22)3-4-17(18)23-12-7-16(21-23)14-5-9-19-10-6-14/h2-5,7-8,11-13,19H,6,9-10H2,1H3. The molecule has 0 bridgehead atoms. The van der Waals surface area contributed by atoms with Gasteiger partial charge < -0.3 is 10.1 Å². The van der Waals surface area contributed by atoms with Crippen molar-refractivity contribution in [2.45, 2.75) is 6.42 Å².